The monoisotopic (exact) mass is 233 g/mol. The third-order valence-corrected chi connectivity index (χ3v) is 3.08. The van der Waals surface area contributed by atoms with Crippen molar-refractivity contribution in [3.05, 3.63) is 30.3 Å². The van der Waals surface area contributed by atoms with E-state index in [0.717, 1.165) is 19.3 Å². The first-order chi connectivity index (χ1) is 8.18. The van der Waals surface area contributed by atoms with Gasteiger partial charge in [-0.25, -0.2) is 0 Å². The summed E-state index contributed by atoms with van der Waals surface area (Å²) in [6.07, 6.45) is 2.82. The van der Waals surface area contributed by atoms with Crippen LogP contribution >= 0.6 is 0 Å². The molecular weight excluding hydrogens is 218 g/mol. The molecule has 1 aliphatic carbocycles. The quantitative estimate of drug-likeness (QED) is 0.864. The number of carbonyl (C=O) groups excluding carboxylic acids is 1. The lowest BCUT2D eigenvalue weighted by Gasteiger charge is -2.30. The summed E-state index contributed by atoms with van der Waals surface area (Å²) in [6, 6.07) is 8.98. The van der Waals surface area contributed by atoms with Gasteiger partial charge < -0.3 is 10.0 Å². The van der Waals surface area contributed by atoms with Crippen LogP contribution in [0.25, 0.3) is 0 Å². The summed E-state index contributed by atoms with van der Waals surface area (Å²) in [4.78, 5) is 24.3. The second-order valence-corrected chi connectivity index (χ2v) is 4.28. The van der Waals surface area contributed by atoms with E-state index in [1.807, 2.05) is 6.07 Å². The third kappa shape index (κ3) is 2.64. The number of anilines is 1. The van der Waals surface area contributed by atoms with Gasteiger partial charge in [-0.15, -0.1) is 0 Å². The minimum atomic E-state index is -0.985. The molecule has 4 nitrogen and oxygen atoms in total. The van der Waals surface area contributed by atoms with Gasteiger partial charge in [0, 0.05) is 11.6 Å². The Morgan fingerprint density at radius 3 is 2.35 bits per heavy atom. The molecule has 0 heterocycles. The summed E-state index contributed by atoms with van der Waals surface area (Å²) in [7, 11) is 0. The van der Waals surface area contributed by atoms with Gasteiger partial charge in [0.05, 0.1) is 0 Å². The van der Waals surface area contributed by atoms with E-state index in [2.05, 4.69) is 0 Å². The summed E-state index contributed by atoms with van der Waals surface area (Å²) < 4.78 is 0. The van der Waals surface area contributed by atoms with Gasteiger partial charge in [-0.3, -0.25) is 9.59 Å². The van der Waals surface area contributed by atoms with Crippen molar-refractivity contribution in [3.8, 4) is 0 Å². The largest absolute Gasteiger partial charge is 0.480 e. The zero-order chi connectivity index (χ0) is 12.3. The molecule has 0 aliphatic heterocycles. The molecule has 0 saturated heterocycles. The van der Waals surface area contributed by atoms with E-state index < -0.39 is 5.97 Å². The summed E-state index contributed by atoms with van der Waals surface area (Å²) in [5, 5.41) is 8.87. The molecule has 1 N–H and O–H groups in total. The van der Waals surface area contributed by atoms with Gasteiger partial charge in [0.15, 0.2) is 0 Å². The molecule has 0 spiro atoms. The van der Waals surface area contributed by atoms with Gasteiger partial charge in [-0.05, 0) is 25.0 Å². The number of carboxylic acid groups (broad SMARTS) is 1. The standard InChI is InChI=1S/C13H15NO3/c15-12(16)9-14(11-7-2-1-3-8-11)13(17)10-5-4-6-10/h1-3,7-8,10H,4-6,9H2,(H,15,16). The first kappa shape index (κ1) is 11.6. The van der Waals surface area contributed by atoms with Crippen LogP contribution in [-0.4, -0.2) is 23.5 Å². The van der Waals surface area contributed by atoms with Gasteiger partial charge in [-0.2, -0.15) is 0 Å². The van der Waals surface area contributed by atoms with Crippen LogP contribution in [0.5, 0.6) is 0 Å². The Hall–Kier alpha value is -1.84. The topological polar surface area (TPSA) is 57.6 Å². The van der Waals surface area contributed by atoms with E-state index in [1.54, 1.807) is 24.3 Å². The van der Waals surface area contributed by atoms with Crippen molar-refractivity contribution in [2.45, 2.75) is 19.3 Å². The van der Waals surface area contributed by atoms with Gasteiger partial charge in [-0.1, -0.05) is 24.6 Å². The molecule has 1 aromatic rings. The molecule has 0 aromatic heterocycles. The highest BCUT2D eigenvalue weighted by Crippen LogP contribution is 2.30. The summed E-state index contributed by atoms with van der Waals surface area (Å²) in [6.45, 7) is -0.265. The Morgan fingerprint density at radius 1 is 1.24 bits per heavy atom. The second-order valence-electron chi connectivity index (χ2n) is 4.28. The smallest absolute Gasteiger partial charge is 0.323 e. The van der Waals surface area contributed by atoms with E-state index in [4.69, 9.17) is 5.11 Å². The lowest BCUT2D eigenvalue weighted by atomic mass is 9.84. The molecule has 0 radical (unpaired) electrons. The number of carboxylic acids is 1. The van der Waals surface area contributed by atoms with Gasteiger partial charge in [0.2, 0.25) is 5.91 Å². The SMILES string of the molecule is O=C(O)CN(C(=O)C1CCC1)c1ccccc1. The van der Waals surface area contributed by atoms with Crippen molar-refractivity contribution in [3.63, 3.8) is 0 Å². The Kier molecular flexibility index (Phi) is 3.42. The van der Waals surface area contributed by atoms with E-state index in [1.165, 1.54) is 4.90 Å². The normalized spacial score (nSPS) is 15.1. The van der Waals surface area contributed by atoms with Crippen molar-refractivity contribution in [1.29, 1.82) is 0 Å². The molecule has 0 bridgehead atoms. The highest BCUT2D eigenvalue weighted by molar-refractivity contribution is 5.99. The van der Waals surface area contributed by atoms with Gasteiger partial charge in [0.1, 0.15) is 6.54 Å². The first-order valence-electron chi connectivity index (χ1n) is 5.76. The van der Waals surface area contributed by atoms with Crippen LogP contribution in [-0.2, 0) is 9.59 Å². The van der Waals surface area contributed by atoms with Gasteiger partial charge in [0.25, 0.3) is 0 Å². The van der Waals surface area contributed by atoms with E-state index in [-0.39, 0.29) is 18.4 Å². The first-order valence-corrected chi connectivity index (χ1v) is 5.76. The molecule has 1 saturated carbocycles. The van der Waals surface area contributed by atoms with Crippen LogP contribution < -0.4 is 4.90 Å². The number of aliphatic carboxylic acids is 1. The van der Waals surface area contributed by atoms with Crippen molar-refractivity contribution in [2.24, 2.45) is 5.92 Å². The average molecular weight is 233 g/mol. The van der Waals surface area contributed by atoms with Crippen LogP contribution in [0.2, 0.25) is 0 Å². The third-order valence-electron chi connectivity index (χ3n) is 3.08. The number of amides is 1. The molecule has 17 heavy (non-hydrogen) atoms. The Bertz CT molecular complexity index is 412. The maximum Gasteiger partial charge on any atom is 0.323 e. The average Bonchev–Trinajstić information content (AvgIpc) is 2.24. The maximum absolute atomic E-state index is 12.1. The van der Waals surface area contributed by atoms with E-state index >= 15 is 0 Å². The molecule has 1 amide bonds. The number of carbonyl (C=O) groups is 2. The summed E-state index contributed by atoms with van der Waals surface area (Å²) in [5.74, 6) is -1.04. The zero-order valence-corrected chi connectivity index (χ0v) is 9.50. The summed E-state index contributed by atoms with van der Waals surface area (Å²) in [5.41, 5.74) is 0.659. The zero-order valence-electron chi connectivity index (χ0n) is 9.50. The molecule has 4 heteroatoms. The molecule has 90 valence electrons. The molecule has 1 aliphatic rings. The van der Waals surface area contributed by atoms with Crippen LogP contribution in [0.1, 0.15) is 19.3 Å². The molecule has 1 aromatic carbocycles. The van der Waals surface area contributed by atoms with Gasteiger partial charge >= 0.3 is 5.97 Å². The van der Waals surface area contributed by atoms with E-state index in [9.17, 15) is 9.59 Å². The lowest BCUT2D eigenvalue weighted by molar-refractivity contribution is -0.137. The van der Waals surface area contributed by atoms with Crippen molar-refractivity contribution < 1.29 is 14.7 Å². The van der Waals surface area contributed by atoms with Crippen molar-refractivity contribution in [2.75, 3.05) is 11.4 Å². The predicted octanol–water partition coefficient (Wildman–Crippen LogP) is 1.90. The maximum atomic E-state index is 12.1. The molecule has 0 atom stereocenters. The number of hydrogen-bond acceptors (Lipinski definition) is 2. The van der Waals surface area contributed by atoms with Crippen molar-refractivity contribution >= 4 is 17.6 Å². The van der Waals surface area contributed by atoms with Crippen LogP contribution in [0.15, 0.2) is 30.3 Å². The van der Waals surface area contributed by atoms with Crippen LogP contribution in [0.4, 0.5) is 5.69 Å². The highest BCUT2D eigenvalue weighted by Gasteiger charge is 2.31. The van der Waals surface area contributed by atoms with Crippen molar-refractivity contribution in [1.82, 2.24) is 0 Å². The Labute approximate surface area is 99.9 Å². The molecule has 0 unspecified atom stereocenters. The predicted molar refractivity (Wildman–Crippen MR) is 63.8 cm³/mol. The lowest BCUT2D eigenvalue weighted by Crippen LogP contribution is -2.41. The number of hydrogen-bond donors (Lipinski definition) is 1. The number of para-hydroxylation sites is 1. The van der Waals surface area contributed by atoms with E-state index in [0.29, 0.717) is 5.69 Å². The minimum Gasteiger partial charge on any atom is -0.480 e. The summed E-state index contributed by atoms with van der Waals surface area (Å²) >= 11 is 0. The minimum absolute atomic E-state index is 0.00885. The second kappa shape index (κ2) is 4.99. The molecule has 1 fully saturated rings. The number of rotatable bonds is 4. The molecular formula is C13H15NO3. The van der Waals surface area contributed by atoms with Crippen LogP contribution in [0.3, 0.4) is 0 Å². The fraction of sp³-hybridized carbons (Fsp3) is 0.385. The number of benzene rings is 1. The highest BCUT2D eigenvalue weighted by atomic mass is 16.4. The fourth-order valence-corrected chi connectivity index (χ4v) is 1.92. The van der Waals surface area contributed by atoms with Crippen LogP contribution in [0, 0.1) is 5.92 Å². The Balaban J connectivity index is 2.18. The fourth-order valence-electron chi connectivity index (χ4n) is 1.92. The Morgan fingerprint density at radius 2 is 1.88 bits per heavy atom. The number of nitrogens with zero attached hydrogens (tertiary/aromatic N) is 1. The molecule has 2 rings (SSSR count).